The first-order chi connectivity index (χ1) is 13.5. The van der Waals surface area contributed by atoms with E-state index in [9.17, 15) is 13.2 Å². The Morgan fingerprint density at radius 2 is 1.96 bits per heavy atom. The summed E-state index contributed by atoms with van der Waals surface area (Å²) < 4.78 is 29.9. The van der Waals surface area contributed by atoms with Crippen molar-refractivity contribution >= 4 is 15.9 Å². The van der Waals surface area contributed by atoms with Crippen molar-refractivity contribution in [1.29, 1.82) is 0 Å². The van der Waals surface area contributed by atoms with Crippen LogP contribution >= 0.6 is 0 Å². The van der Waals surface area contributed by atoms with Crippen molar-refractivity contribution in [3.63, 3.8) is 0 Å². The minimum absolute atomic E-state index is 0.0780. The third-order valence-corrected chi connectivity index (χ3v) is 7.49. The molecule has 1 aliphatic carbocycles. The maximum Gasteiger partial charge on any atom is 0.272 e. The van der Waals surface area contributed by atoms with Crippen LogP contribution in [-0.2, 0) is 16.6 Å². The van der Waals surface area contributed by atoms with Crippen LogP contribution in [0.5, 0.6) is 0 Å². The lowest BCUT2D eigenvalue weighted by Gasteiger charge is -2.20. The molecular weight excluding hydrogens is 376 g/mol. The summed E-state index contributed by atoms with van der Waals surface area (Å²) >= 11 is 0. The lowest BCUT2D eigenvalue weighted by molar-refractivity contribution is 0.0928. The number of carbonyl (C=O) groups is 1. The van der Waals surface area contributed by atoms with E-state index in [1.807, 2.05) is 13.8 Å². The molecule has 1 aromatic carbocycles. The molecule has 1 amide bonds. The van der Waals surface area contributed by atoms with Gasteiger partial charge in [0.15, 0.2) is 5.69 Å². The Bertz CT molecular complexity index is 991. The molecule has 4 rings (SSSR count). The predicted molar refractivity (Wildman–Crippen MR) is 106 cm³/mol. The molecule has 0 saturated heterocycles. The molecule has 1 saturated carbocycles. The highest BCUT2D eigenvalue weighted by atomic mass is 32.2. The van der Waals surface area contributed by atoms with Gasteiger partial charge in [-0.25, -0.2) is 13.4 Å². The van der Waals surface area contributed by atoms with Crippen molar-refractivity contribution < 1.29 is 13.2 Å². The van der Waals surface area contributed by atoms with E-state index in [1.54, 1.807) is 35.2 Å². The number of nitrogens with zero attached hydrogens (tertiary/aromatic N) is 3. The van der Waals surface area contributed by atoms with E-state index in [0.717, 1.165) is 25.7 Å². The molecule has 1 aliphatic heterocycles. The molecule has 0 radical (unpaired) electrons. The summed E-state index contributed by atoms with van der Waals surface area (Å²) in [6.45, 7) is 4.69. The number of imidazole rings is 1. The molecule has 28 heavy (non-hydrogen) atoms. The zero-order chi connectivity index (χ0) is 19.9. The molecular formula is C20H26N4O3S. The third kappa shape index (κ3) is 3.35. The van der Waals surface area contributed by atoms with Gasteiger partial charge < -0.3 is 5.32 Å². The second-order valence-electron chi connectivity index (χ2n) is 7.61. The number of para-hydroxylation sites is 1. The number of aromatic nitrogens is 2. The molecule has 0 unspecified atom stereocenters. The summed E-state index contributed by atoms with van der Waals surface area (Å²) in [6, 6.07) is 7.01. The molecule has 1 N–H and O–H groups in total. The molecule has 2 heterocycles. The maximum absolute atomic E-state index is 13.3. The summed E-state index contributed by atoms with van der Waals surface area (Å²) in [6.07, 6.45) is 5.34. The number of hydrogen-bond donors (Lipinski definition) is 1. The van der Waals surface area contributed by atoms with Gasteiger partial charge in [0.25, 0.3) is 5.91 Å². The number of hydrogen-bond acceptors (Lipinski definition) is 4. The van der Waals surface area contributed by atoms with Crippen LogP contribution in [0.4, 0.5) is 0 Å². The smallest absolute Gasteiger partial charge is 0.272 e. The average Bonchev–Trinajstić information content (AvgIpc) is 3.43. The SMILES string of the molecule is CCC(CC)NC(=O)c1ncn2c1CN(CC1CC1)S(=O)(=O)c1ccccc1-2. The first-order valence-electron chi connectivity index (χ1n) is 9.92. The van der Waals surface area contributed by atoms with Gasteiger partial charge >= 0.3 is 0 Å². The summed E-state index contributed by atoms with van der Waals surface area (Å²) in [5.41, 5.74) is 1.47. The van der Waals surface area contributed by atoms with Crippen molar-refractivity contribution in [2.24, 2.45) is 5.92 Å². The van der Waals surface area contributed by atoms with Crippen LogP contribution in [0, 0.1) is 5.92 Å². The fourth-order valence-corrected chi connectivity index (χ4v) is 5.34. The average molecular weight is 403 g/mol. The molecule has 7 nitrogen and oxygen atoms in total. The van der Waals surface area contributed by atoms with Crippen LogP contribution in [0.15, 0.2) is 35.5 Å². The van der Waals surface area contributed by atoms with E-state index in [0.29, 0.717) is 29.5 Å². The third-order valence-electron chi connectivity index (χ3n) is 5.63. The standard InChI is InChI=1S/C20H26N4O3S/c1-3-15(4-2)22-20(25)19-17-12-23(11-14-9-10-14)28(26,27)18-8-6-5-7-16(18)24(17)13-21-19/h5-8,13-15H,3-4,9-12H2,1-2H3,(H,22,25). The highest BCUT2D eigenvalue weighted by molar-refractivity contribution is 7.89. The zero-order valence-electron chi connectivity index (χ0n) is 16.3. The lowest BCUT2D eigenvalue weighted by atomic mass is 10.1. The minimum Gasteiger partial charge on any atom is -0.348 e. The Labute approximate surface area is 165 Å². The first kappa shape index (κ1) is 19.1. The number of carbonyl (C=O) groups excluding carboxylic acids is 1. The van der Waals surface area contributed by atoms with Gasteiger partial charge in [-0.15, -0.1) is 0 Å². The Hall–Kier alpha value is -2.19. The van der Waals surface area contributed by atoms with Crippen molar-refractivity contribution in [3.05, 3.63) is 42.0 Å². The molecule has 150 valence electrons. The quantitative estimate of drug-likeness (QED) is 0.805. The van der Waals surface area contributed by atoms with Crippen molar-refractivity contribution in [2.45, 2.75) is 57.0 Å². The van der Waals surface area contributed by atoms with Crippen LogP contribution in [0.25, 0.3) is 5.69 Å². The Morgan fingerprint density at radius 1 is 1.25 bits per heavy atom. The van der Waals surface area contributed by atoms with Crippen LogP contribution in [0.2, 0.25) is 0 Å². The van der Waals surface area contributed by atoms with Gasteiger partial charge in [0.05, 0.1) is 17.9 Å². The van der Waals surface area contributed by atoms with E-state index in [-0.39, 0.29) is 23.4 Å². The molecule has 1 fully saturated rings. The predicted octanol–water partition coefficient (Wildman–Crippen LogP) is 2.71. The van der Waals surface area contributed by atoms with Crippen LogP contribution in [-0.4, -0.2) is 40.8 Å². The van der Waals surface area contributed by atoms with Crippen LogP contribution < -0.4 is 5.32 Å². The van der Waals surface area contributed by atoms with Gasteiger partial charge in [0.2, 0.25) is 10.0 Å². The second kappa shape index (κ2) is 7.33. The number of nitrogens with one attached hydrogen (secondary N) is 1. The summed E-state index contributed by atoms with van der Waals surface area (Å²) in [5, 5.41) is 3.02. The Morgan fingerprint density at radius 3 is 2.64 bits per heavy atom. The van der Waals surface area contributed by atoms with Gasteiger partial charge in [0, 0.05) is 12.6 Å². The molecule has 0 bridgehead atoms. The minimum atomic E-state index is -3.63. The van der Waals surface area contributed by atoms with Gasteiger partial charge in [-0.2, -0.15) is 4.31 Å². The molecule has 8 heteroatoms. The monoisotopic (exact) mass is 402 g/mol. The highest BCUT2D eigenvalue weighted by Crippen LogP contribution is 2.36. The number of sulfonamides is 1. The topological polar surface area (TPSA) is 84.3 Å². The zero-order valence-corrected chi connectivity index (χ0v) is 17.1. The molecule has 0 spiro atoms. The Kier molecular flexibility index (Phi) is 5.01. The number of benzene rings is 1. The van der Waals surface area contributed by atoms with Gasteiger partial charge in [0.1, 0.15) is 11.2 Å². The normalized spacial score (nSPS) is 18.4. The van der Waals surface area contributed by atoms with Crippen LogP contribution in [0.1, 0.15) is 55.7 Å². The molecule has 1 aromatic heterocycles. The van der Waals surface area contributed by atoms with Crippen molar-refractivity contribution in [2.75, 3.05) is 6.54 Å². The highest BCUT2D eigenvalue weighted by Gasteiger charge is 2.37. The van der Waals surface area contributed by atoms with E-state index < -0.39 is 10.0 Å². The van der Waals surface area contributed by atoms with Gasteiger partial charge in [-0.3, -0.25) is 9.36 Å². The van der Waals surface area contributed by atoms with E-state index in [1.165, 1.54) is 4.31 Å². The first-order valence-corrected chi connectivity index (χ1v) is 11.4. The number of rotatable bonds is 6. The lowest BCUT2D eigenvalue weighted by Crippen LogP contribution is -2.36. The Balaban J connectivity index is 1.79. The molecule has 2 aromatic rings. The summed E-state index contributed by atoms with van der Waals surface area (Å²) in [5.74, 6) is 0.156. The fourth-order valence-electron chi connectivity index (χ4n) is 3.69. The summed E-state index contributed by atoms with van der Waals surface area (Å²) in [7, 11) is -3.63. The fraction of sp³-hybridized carbons (Fsp3) is 0.500. The van der Waals surface area contributed by atoms with Gasteiger partial charge in [-0.05, 0) is 43.7 Å². The van der Waals surface area contributed by atoms with E-state index in [4.69, 9.17) is 0 Å². The van der Waals surface area contributed by atoms with E-state index >= 15 is 0 Å². The second-order valence-corrected chi connectivity index (χ2v) is 9.51. The molecule has 2 aliphatic rings. The number of amides is 1. The summed E-state index contributed by atoms with van der Waals surface area (Å²) in [4.78, 5) is 17.5. The largest absolute Gasteiger partial charge is 0.348 e. The maximum atomic E-state index is 13.3. The number of fused-ring (bicyclic) bond motifs is 3. The van der Waals surface area contributed by atoms with Crippen molar-refractivity contribution in [3.8, 4) is 5.69 Å². The van der Waals surface area contributed by atoms with E-state index in [2.05, 4.69) is 10.3 Å². The van der Waals surface area contributed by atoms with Gasteiger partial charge in [-0.1, -0.05) is 26.0 Å². The van der Waals surface area contributed by atoms with Crippen LogP contribution in [0.3, 0.4) is 0 Å². The molecule has 0 atom stereocenters. The van der Waals surface area contributed by atoms with Crippen molar-refractivity contribution in [1.82, 2.24) is 19.2 Å².